The minimum Gasteiger partial charge on any atom is -0.311 e. The molecule has 2 fully saturated rings. The zero-order valence-electron chi connectivity index (χ0n) is 7.51. The smallest absolute Gasteiger partial charge is 0.0236 e. The van der Waals surface area contributed by atoms with E-state index >= 15 is 0 Å². The summed E-state index contributed by atoms with van der Waals surface area (Å²) in [5, 5.41) is 3.52. The molecule has 0 aromatic heterocycles. The molecule has 2 aliphatic rings. The highest BCUT2D eigenvalue weighted by Crippen LogP contribution is 2.23. The lowest BCUT2D eigenvalue weighted by Gasteiger charge is -2.28. The monoisotopic (exact) mass is 154 g/mol. The van der Waals surface area contributed by atoms with Crippen LogP contribution >= 0.6 is 0 Å². The summed E-state index contributed by atoms with van der Waals surface area (Å²) in [6.45, 7) is 8.43. The van der Waals surface area contributed by atoms with Crippen molar-refractivity contribution in [3.63, 3.8) is 0 Å². The summed E-state index contributed by atoms with van der Waals surface area (Å²) in [6, 6.07) is 1.68. The predicted octanol–water partition coefficient (Wildman–Crippen LogP) is 0.688. The summed E-state index contributed by atoms with van der Waals surface area (Å²) >= 11 is 0. The fourth-order valence-corrected chi connectivity index (χ4v) is 2.34. The second-order valence-electron chi connectivity index (χ2n) is 4.34. The third-order valence-corrected chi connectivity index (χ3v) is 2.77. The van der Waals surface area contributed by atoms with E-state index in [0.717, 1.165) is 18.0 Å². The summed E-state index contributed by atoms with van der Waals surface area (Å²) in [7, 11) is 0. The van der Waals surface area contributed by atoms with Crippen LogP contribution in [-0.4, -0.2) is 36.6 Å². The molecular weight excluding hydrogens is 136 g/mol. The van der Waals surface area contributed by atoms with Crippen molar-refractivity contribution in [2.75, 3.05) is 19.6 Å². The van der Waals surface area contributed by atoms with Crippen LogP contribution in [0.4, 0.5) is 0 Å². The molecule has 0 amide bonds. The Kier molecular flexibility index (Phi) is 1.90. The minimum atomic E-state index is 0.818. The van der Waals surface area contributed by atoms with Gasteiger partial charge in [0.2, 0.25) is 0 Å². The van der Waals surface area contributed by atoms with Crippen molar-refractivity contribution in [3.05, 3.63) is 0 Å². The van der Waals surface area contributed by atoms with E-state index in [1.54, 1.807) is 0 Å². The van der Waals surface area contributed by atoms with E-state index in [9.17, 15) is 0 Å². The number of nitrogens with zero attached hydrogens (tertiary/aromatic N) is 1. The van der Waals surface area contributed by atoms with Crippen LogP contribution in [0.3, 0.4) is 0 Å². The van der Waals surface area contributed by atoms with Crippen molar-refractivity contribution < 1.29 is 0 Å². The predicted molar refractivity (Wildman–Crippen MR) is 46.6 cm³/mol. The molecule has 1 N–H and O–H groups in total. The van der Waals surface area contributed by atoms with Crippen LogP contribution in [0, 0.1) is 5.92 Å². The number of hydrogen-bond acceptors (Lipinski definition) is 2. The first-order valence-electron chi connectivity index (χ1n) is 4.73. The highest BCUT2D eigenvalue weighted by molar-refractivity contribution is 4.97. The van der Waals surface area contributed by atoms with Gasteiger partial charge >= 0.3 is 0 Å². The Morgan fingerprint density at radius 3 is 2.82 bits per heavy atom. The van der Waals surface area contributed by atoms with E-state index < -0.39 is 0 Å². The zero-order chi connectivity index (χ0) is 7.84. The maximum atomic E-state index is 3.52. The fraction of sp³-hybridized carbons (Fsp3) is 1.00. The van der Waals surface area contributed by atoms with Gasteiger partial charge in [-0.25, -0.2) is 0 Å². The van der Waals surface area contributed by atoms with E-state index in [0.29, 0.717) is 0 Å². The van der Waals surface area contributed by atoms with Gasteiger partial charge in [0.15, 0.2) is 0 Å². The van der Waals surface area contributed by atoms with Gasteiger partial charge in [-0.05, 0) is 12.3 Å². The zero-order valence-corrected chi connectivity index (χ0v) is 7.51. The molecule has 2 atom stereocenters. The summed E-state index contributed by atoms with van der Waals surface area (Å²) in [4.78, 5) is 2.64. The van der Waals surface area contributed by atoms with E-state index in [1.807, 2.05) is 0 Å². The summed E-state index contributed by atoms with van der Waals surface area (Å²) in [6.07, 6.45) is 1.40. The Labute approximate surface area is 69.0 Å². The van der Waals surface area contributed by atoms with E-state index in [-0.39, 0.29) is 0 Å². The van der Waals surface area contributed by atoms with Crippen LogP contribution < -0.4 is 5.32 Å². The molecule has 2 heterocycles. The first-order chi connectivity index (χ1) is 5.25. The van der Waals surface area contributed by atoms with Gasteiger partial charge in [-0.2, -0.15) is 0 Å². The molecule has 2 saturated heterocycles. The second kappa shape index (κ2) is 2.76. The van der Waals surface area contributed by atoms with Crippen LogP contribution in [0.15, 0.2) is 0 Å². The molecule has 2 rings (SSSR count). The molecule has 2 heteroatoms. The van der Waals surface area contributed by atoms with Gasteiger partial charge in [0.1, 0.15) is 0 Å². The van der Waals surface area contributed by atoms with Crippen LogP contribution in [0.25, 0.3) is 0 Å². The third-order valence-electron chi connectivity index (χ3n) is 2.77. The normalized spacial score (nSPS) is 37.4. The maximum absolute atomic E-state index is 3.52. The molecule has 11 heavy (non-hydrogen) atoms. The van der Waals surface area contributed by atoms with E-state index in [1.165, 1.54) is 26.1 Å². The van der Waals surface area contributed by atoms with Gasteiger partial charge in [0.05, 0.1) is 0 Å². The average molecular weight is 154 g/mol. The van der Waals surface area contributed by atoms with Gasteiger partial charge < -0.3 is 5.32 Å². The van der Waals surface area contributed by atoms with Crippen LogP contribution in [0.5, 0.6) is 0 Å². The molecule has 2 unspecified atom stereocenters. The molecule has 0 aliphatic carbocycles. The van der Waals surface area contributed by atoms with Gasteiger partial charge in [0, 0.05) is 31.7 Å². The Balaban J connectivity index is 1.87. The number of piperazine rings is 1. The van der Waals surface area contributed by atoms with Crippen molar-refractivity contribution in [1.29, 1.82) is 0 Å². The maximum Gasteiger partial charge on any atom is 0.0236 e. The molecule has 0 spiro atoms. The third kappa shape index (κ3) is 1.42. The summed E-state index contributed by atoms with van der Waals surface area (Å²) in [5.74, 6) is 0.828. The molecule has 0 aromatic carbocycles. The quantitative estimate of drug-likeness (QED) is 0.629. The fourth-order valence-electron chi connectivity index (χ4n) is 2.34. The lowest BCUT2D eigenvalue weighted by atomic mass is 10.2. The number of hydrogen-bond donors (Lipinski definition) is 1. The van der Waals surface area contributed by atoms with Crippen LogP contribution in [0.1, 0.15) is 20.3 Å². The molecule has 0 radical (unpaired) electrons. The van der Waals surface area contributed by atoms with Gasteiger partial charge in [-0.3, -0.25) is 4.90 Å². The SMILES string of the molecule is CC(C)CN1CC2CC1CN2. The minimum absolute atomic E-state index is 0.818. The Morgan fingerprint density at radius 1 is 1.55 bits per heavy atom. The molecule has 0 saturated carbocycles. The Morgan fingerprint density at radius 2 is 2.36 bits per heavy atom. The average Bonchev–Trinajstić information content (AvgIpc) is 2.45. The van der Waals surface area contributed by atoms with Crippen LogP contribution in [-0.2, 0) is 0 Å². The lowest BCUT2D eigenvalue weighted by Crippen LogP contribution is -2.44. The summed E-state index contributed by atoms with van der Waals surface area (Å²) in [5.41, 5.74) is 0. The second-order valence-corrected chi connectivity index (χ2v) is 4.34. The summed E-state index contributed by atoms with van der Waals surface area (Å²) < 4.78 is 0. The van der Waals surface area contributed by atoms with Gasteiger partial charge in [-0.1, -0.05) is 13.8 Å². The molecule has 0 aromatic rings. The standard InChI is InChI=1S/C9H18N2/c1-7(2)5-11-6-8-3-9(11)4-10-8/h7-10H,3-6H2,1-2H3. The number of nitrogens with one attached hydrogen (secondary N) is 1. The molecule has 2 aliphatic heterocycles. The highest BCUT2D eigenvalue weighted by atomic mass is 15.3. The van der Waals surface area contributed by atoms with E-state index in [2.05, 4.69) is 24.1 Å². The number of likely N-dealkylation sites (tertiary alicyclic amines) is 1. The van der Waals surface area contributed by atoms with E-state index in [4.69, 9.17) is 0 Å². The molecule has 2 nitrogen and oxygen atoms in total. The van der Waals surface area contributed by atoms with Gasteiger partial charge in [0.25, 0.3) is 0 Å². The topological polar surface area (TPSA) is 15.3 Å². The Hall–Kier alpha value is -0.0800. The number of rotatable bonds is 2. The molecular formula is C9H18N2. The first kappa shape index (κ1) is 7.56. The van der Waals surface area contributed by atoms with Crippen molar-refractivity contribution in [2.45, 2.75) is 32.4 Å². The largest absolute Gasteiger partial charge is 0.311 e. The van der Waals surface area contributed by atoms with Crippen molar-refractivity contribution in [2.24, 2.45) is 5.92 Å². The van der Waals surface area contributed by atoms with Crippen molar-refractivity contribution >= 4 is 0 Å². The Bertz CT molecular complexity index is 144. The van der Waals surface area contributed by atoms with Crippen molar-refractivity contribution in [1.82, 2.24) is 10.2 Å². The van der Waals surface area contributed by atoms with Crippen molar-refractivity contribution in [3.8, 4) is 0 Å². The number of fused-ring (bicyclic) bond motifs is 2. The first-order valence-corrected chi connectivity index (χ1v) is 4.73. The highest BCUT2D eigenvalue weighted by Gasteiger charge is 2.37. The molecule has 64 valence electrons. The lowest BCUT2D eigenvalue weighted by molar-refractivity contribution is 0.203. The van der Waals surface area contributed by atoms with Crippen LogP contribution in [0.2, 0.25) is 0 Å². The van der Waals surface area contributed by atoms with Gasteiger partial charge in [-0.15, -0.1) is 0 Å². The molecule has 2 bridgehead atoms.